The molecule has 1 aliphatic rings. The molecule has 2 aromatic carbocycles. The first-order valence-corrected chi connectivity index (χ1v) is 11.0. The van der Waals surface area contributed by atoms with Crippen molar-refractivity contribution in [2.45, 2.75) is 31.8 Å². The number of aryl methyl sites for hydroxylation is 1. The highest BCUT2D eigenvalue weighted by Crippen LogP contribution is 2.33. The van der Waals surface area contributed by atoms with Gasteiger partial charge in [-0.3, -0.25) is 4.79 Å². The molecule has 0 saturated carbocycles. The van der Waals surface area contributed by atoms with E-state index in [9.17, 15) is 14.3 Å². The number of likely N-dealkylation sites (tertiary alicyclic amines) is 1. The van der Waals surface area contributed by atoms with Gasteiger partial charge < -0.3 is 19.3 Å². The van der Waals surface area contributed by atoms with E-state index < -0.39 is 5.60 Å². The molecule has 1 aliphatic heterocycles. The zero-order chi connectivity index (χ0) is 23.4. The van der Waals surface area contributed by atoms with E-state index in [2.05, 4.69) is 4.98 Å². The van der Waals surface area contributed by atoms with Crippen LogP contribution in [0.5, 0.6) is 5.75 Å². The first-order valence-electron chi connectivity index (χ1n) is 11.0. The second-order valence-corrected chi connectivity index (χ2v) is 8.42. The highest BCUT2D eigenvalue weighted by Gasteiger charge is 2.31. The second-order valence-electron chi connectivity index (χ2n) is 8.42. The SMILES string of the molecule is COc1cc(C(=O)/C=C/N2CCCC(O)(c3ccc(F)cc3)CC2)ccc1-n1cnc(C)c1. The fourth-order valence-electron chi connectivity index (χ4n) is 4.20. The monoisotopic (exact) mass is 449 g/mol. The summed E-state index contributed by atoms with van der Waals surface area (Å²) >= 11 is 0. The first kappa shape index (κ1) is 22.7. The maximum absolute atomic E-state index is 13.3. The van der Waals surface area contributed by atoms with E-state index in [4.69, 9.17) is 4.74 Å². The number of hydrogen-bond donors (Lipinski definition) is 1. The van der Waals surface area contributed by atoms with Gasteiger partial charge in [0.25, 0.3) is 0 Å². The van der Waals surface area contributed by atoms with E-state index in [0.717, 1.165) is 29.9 Å². The highest BCUT2D eigenvalue weighted by atomic mass is 19.1. The molecule has 1 aromatic heterocycles. The molecule has 1 unspecified atom stereocenters. The average Bonchev–Trinajstić information content (AvgIpc) is 3.16. The Kier molecular flexibility index (Phi) is 6.60. The molecule has 7 heteroatoms. The van der Waals surface area contributed by atoms with Crippen molar-refractivity contribution < 1.29 is 19.0 Å². The van der Waals surface area contributed by atoms with Gasteiger partial charge in [0.2, 0.25) is 0 Å². The Bertz CT molecular complexity index is 1160. The standard InChI is InChI=1S/C26H28FN3O3/c1-19-17-30(18-28-19)23-9-4-20(16-25(23)33-2)24(31)10-14-29-13-3-11-26(32,12-15-29)21-5-7-22(27)8-6-21/h4-10,14,16-18,32H,3,11-13,15H2,1-2H3/b14-10+. The number of allylic oxidation sites excluding steroid dienone is 1. The molecule has 0 spiro atoms. The van der Waals surface area contributed by atoms with Crippen molar-refractivity contribution in [1.82, 2.24) is 14.5 Å². The van der Waals surface area contributed by atoms with Crippen LogP contribution in [-0.2, 0) is 5.60 Å². The largest absolute Gasteiger partial charge is 0.495 e. The molecule has 1 N–H and O–H groups in total. The van der Waals surface area contributed by atoms with Gasteiger partial charge in [-0.25, -0.2) is 9.37 Å². The van der Waals surface area contributed by atoms with Crippen LogP contribution < -0.4 is 4.74 Å². The molecule has 1 atom stereocenters. The molecular weight excluding hydrogens is 421 g/mol. The Balaban J connectivity index is 1.43. The van der Waals surface area contributed by atoms with Crippen molar-refractivity contribution in [3.05, 3.63) is 89.9 Å². The van der Waals surface area contributed by atoms with Crippen molar-refractivity contribution in [3.8, 4) is 11.4 Å². The van der Waals surface area contributed by atoms with E-state index in [-0.39, 0.29) is 11.6 Å². The molecule has 0 amide bonds. The lowest BCUT2D eigenvalue weighted by Gasteiger charge is -2.27. The van der Waals surface area contributed by atoms with Crippen LogP contribution >= 0.6 is 0 Å². The zero-order valence-corrected chi connectivity index (χ0v) is 18.9. The number of ketones is 1. The summed E-state index contributed by atoms with van der Waals surface area (Å²) in [5, 5.41) is 11.1. The summed E-state index contributed by atoms with van der Waals surface area (Å²) in [6, 6.07) is 11.4. The number of halogens is 1. The third-order valence-electron chi connectivity index (χ3n) is 6.12. The third kappa shape index (κ3) is 5.14. The summed E-state index contributed by atoms with van der Waals surface area (Å²) in [4.78, 5) is 19.1. The molecule has 6 nitrogen and oxygen atoms in total. The number of nitrogens with zero attached hydrogens (tertiary/aromatic N) is 3. The minimum Gasteiger partial charge on any atom is -0.495 e. The van der Waals surface area contributed by atoms with Gasteiger partial charge in [0.1, 0.15) is 11.6 Å². The second kappa shape index (κ2) is 9.58. The fourth-order valence-corrected chi connectivity index (χ4v) is 4.20. The van der Waals surface area contributed by atoms with Gasteiger partial charge in [0.05, 0.1) is 30.4 Å². The minimum atomic E-state index is -0.991. The number of aliphatic hydroxyl groups is 1. The summed E-state index contributed by atoms with van der Waals surface area (Å²) in [6.45, 7) is 3.24. The van der Waals surface area contributed by atoms with Crippen molar-refractivity contribution in [1.29, 1.82) is 0 Å². The van der Waals surface area contributed by atoms with Crippen molar-refractivity contribution >= 4 is 5.78 Å². The number of carbonyl (C=O) groups is 1. The number of rotatable bonds is 6. The van der Waals surface area contributed by atoms with Crippen LogP contribution in [0.4, 0.5) is 4.39 Å². The molecule has 1 fully saturated rings. The van der Waals surface area contributed by atoms with Crippen LogP contribution in [0, 0.1) is 12.7 Å². The van der Waals surface area contributed by atoms with Crippen molar-refractivity contribution in [2.75, 3.05) is 20.2 Å². The van der Waals surface area contributed by atoms with Crippen LogP contribution in [0.25, 0.3) is 5.69 Å². The van der Waals surface area contributed by atoms with Crippen LogP contribution in [0.15, 0.2) is 67.3 Å². The molecule has 0 bridgehead atoms. The van der Waals surface area contributed by atoms with Crippen molar-refractivity contribution in [2.24, 2.45) is 0 Å². The molecule has 0 radical (unpaired) electrons. The van der Waals surface area contributed by atoms with E-state index in [0.29, 0.717) is 30.7 Å². The molecule has 2 heterocycles. The first-order chi connectivity index (χ1) is 15.9. The van der Waals surface area contributed by atoms with Gasteiger partial charge in [-0.15, -0.1) is 0 Å². The lowest BCUT2D eigenvalue weighted by Crippen LogP contribution is -2.27. The van der Waals surface area contributed by atoms with Crippen LogP contribution in [0.3, 0.4) is 0 Å². The smallest absolute Gasteiger partial charge is 0.187 e. The molecule has 172 valence electrons. The zero-order valence-electron chi connectivity index (χ0n) is 18.9. The Morgan fingerprint density at radius 2 is 1.97 bits per heavy atom. The number of methoxy groups -OCH3 is 1. The molecule has 0 aliphatic carbocycles. The summed E-state index contributed by atoms with van der Waals surface area (Å²) in [5.74, 6) is 0.148. The number of imidazole rings is 1. The predicted molar refractivity (Wildman–Crippen MR) is 124 cm³/mol. The highest BCUT2D eigenvalue weighted by molar-refractivity contribution is 6.04. The van der Waals surface area contributed by atoms with Gasteiger partial charge in [0.15, 0.2) is 5.78 Å². The van der Waals surface area contributed by atoms with E-state index in [1.807, 2.05) is 28.7 Å². The minimum absolute atomic E-state index is 0.125. The number of carbonyl (C=O) groups excluding carboxylic acids is 1. The predicted octanol–water partition coefficient (Wildman–Crippen LogP) is 4.40. The Hall–Kier alpha value is -3.45. The quantitative estimate of drug-likeness (QED) is 0.446. The lowest BCUT2D eigenvalue weighted by atomic mass is 9.87. The van der Waals surface area contributed by atoms with Gasteiger partial charge in [-0.1, -0.05) is 12.1 Å². The maximum Gasteiger partial charge on any atom is 0.187 e. The summed E-state index contributed by atoms with van der Waals surface area (Å²) < 4.78 is 20.6. The summed E-state index contributed by atoms with van der Waals surface area (Å²) in [5.41, 5.74) is 1.97. The normalized spacial score (nSPS) is 19.0. The van der Waals surface area contributed by atoms with Crippen LogP contribution in [-0.4, -0.2) is 45.5 Å². The topological polar surface area (TPSA) is 67.6 Å². The molecule has 4 rings (SSSR count). The van der Waals surface area contributed by atoms with Gasteiger partial charge in [0, 0.05) is 37.1 Å². The Morgan fingerprint density at radius 1 is 1.18 bits per heavy atom. The summed E-state index contributed by atoms with van der Waals surface area (Å²) in [7, 11) is 1.58. The molecular formula is C26H28FN3O3. The Labute approximate surface area is 192 Å². The number of aromatic nitrogens is 2. The van der Waals surface area contributed by atoms with Crippen LogP contribution in [0.2, 0.25) is 0 Å². The van der Waals surface area contributed by atoms with E-state index in [1.165, 1.54) is 12.1 Å². The van der Waals surface area contributed by atoms with E-state index >= 15 is 0 Å². The Morgan fingerprint density at radius 3 is 2.67 bits per heavy atom. The van der Waals surface area contributed by atoms with Crippen LogP contribution in [0.1, 0.15) is 40.9 Å². The van der Waals surface area contributed by atoms with Gasteiger partial charge >= 0.3 is 0 Å². The molecule has 3 aromatic rings. The summed E-state index contributed by atoms with van der Waals surface area (Å²) in [6.07, 6.45) is 8.80. The number of benzene rings is 2. The van der Waals surface area contributed by atoms with Gasteiger partial charge in [-0.2, -0.15) is 0 Å². The number of ether oxygens (including phenoxy) is 1. The third-order valence-corrected chi connectivity index (χ3v) is 6.12. The number of hydrogen-bond acceptors (Lipinski definition) is 5. The van der Waals surface area contributed by atoms with E-state index in [1.54, 1.807) is 50.0 Å². The maximum atomic E-state index is 13.3. The molecule has 33 heavy (non-hydrogen) atoms. The van der Waals surface area contributed by atoms with Gasteiger partial charge in [-0.05, 0) is 62.1 Å². The fraction of sp³-hybridized carbons (Fsp3) is 0.308. The van der Waals surface area contributed by atoms with Crippen molar-refractivity contribution in [3.63, 3.8) is 0 Å². The lowest BCUT2D eigenvalue weighted by molar-refractivity contribution is 0.0222. The average molecular weight is 450 g/mol. The molecule has 1 saturated heterocycles.